The van der Waals surface area contributed by atoms with Crippen molar-refractivity contribution in [2.45, 2.75) is 25.0 Å². The highest BCUT2D eigenvalue weighted by Gasteiger charge is 2.39. The Morgan fingerprint density at radius 3 is 2.77 bits per heavy atom. The third-order valence-corrected chi connectivity index (χ3v) is 5.65. The number of fused-ring (bicyclic) bond motifs is 1. The molecule has 0 radical (unpaired) electrons. The number of carbonyl (C=O) groups excluding carboxylic acids is 1. The summed E-state index contributed by atoms with van der Waals surface area (Å²) < 4.78 is 11.4. The number of nitrogens with two attached hydrogens (primary N) is 2. The van der Waals surface area contributed by atoms with Gasteiger partial charge in [-0.2, -0.15) is 0 Å². The van der Waals surface area contributed by atoms with Crippen LogP contribution in [0, 0.1) is 5.92 Å². The van der Waals surface area contributed by atoms with Crippen molar-refractivity contribution >= 4 is 38.9 Å². The standard InChI is InChI=1S/C18H22N4O3S/c1-24-14-8-10(18(23)25-2)7-13(14)21-16(20)11(9-19)17-22-12-5-3-4-6-15(12)26-17/h3-6,9-10,13-14H,7-8,19H2,1-2H3,(H2,20,21)/b11-9+/t10-,13+,14+/m0/s1. The quantitative estimate of drug-likeness (QED) is 0.470. The average Bonchev–Trinajstić information content (AvgIpc) is 3.25. The van der Waals surface area contributed by atoms with E-state index in [-0.39, 0.29) is 24.0 Å². The lowest BCUT2D eigenvalue weighted by molar-refractivity contribution is -0.145. The molecule has 1 heterocycles. The number of aromatic nitrogens is 1. The number of benzene rings is 1. The molecule has 0 saturated heterocycles. The second-order valence-corrected chi connectivity index (χ2v) is 7.15. The van der Waals surface area contributed by atoms with E-state index in [4.69, 9.17) is 20.9 Å². The van der Waals surface area contributed by atoms with Crippen LogP contribution < -0.4 is 11.5 Å². The van der Waals surface area contributed by atoms with E-state index in [2.05, 4.69) is 9.98 Å². The first kappa shape index (κ1) is 18.3. The van der Waals surface area contributed by atoms with E-state index in [1.165, 1.54) is 24.6 Å². The summed E-state index contributed by atoms with van der Waals surface area (Å²) >= 11 is 1.51. The van der Waals surface area contributed by atoms with Gasteiger partial charge in [0, 0.05) is 13.3 Å². The predicted octanol–water partition coefficient (Wildman–Crippen LogP) is 1.92. The Morgan fingerprint density at radius 2 is 2.12 bits per heavy atom. The van der Waals surface area contributed by atoms with Crippen molar-refractivity contribution in [3.8, 4) is 0 Å². The van der Waals surface area contributed by atoms with Crippen LogP contribution in [0.4, 0.5) is 0 Å². The molecule has 3 atom stereocenters. The molecule has 1 aliphatic carbocycles. The number of hydrogen-bond donors (Lipinski definition) is 2. The normalized spacial score (nSPS) is 24.2. The van der Waals surface area contributed by atoms with Gasteiger partial charge in [0.25, 0.3) is 0 Å². The summed E-state index contributed by atoms with van der Waals surface area (Å²) in [5, 5.41) is 0.714. The highest BCUT2D eigenvalue weighted by Crippen LogP contribution is 2.32. The lowest BCUT2D eigenvalue weighted by Gasteiger charge is -2.15. The highest BCUT2D eigenvalue weighted by molar-refractivity contribution is 7.19. The van der Waals surface area contributed by atoms with Gasteiger partial charge in [-0.25, -0.2) is 4.98 Å². The van der Waals surface area contributed by atoms with Crippen LogP contribution in [0.15, 0.2) is 35.5 Å². The van der Waals surface area contributed by atoms with E-state index in [0.717, 1.165) is 10.2 Å². The number of esters is 1. The van der Waals surface area contributed by atoms with Crippen molar-refractivity contribution in [1.29, 1.82) is 0 Å². The van der Waals surface area contributed by atoms with Crippen LogP contribution in [0.1, 0.15) is 17.8 Å². The number of amidine groups is 1. The molecular formula is C18H22N4O3S. The molecule has 7 nitrogen and oxygen atoms in total. The molecule has 0 aliphatic heterocycles. The molecule has 3 rings (SSSR count). The van der Waals surface area contributed by atoms with E-state index in [0.29, 0.717) is 29.3 Å². The molecule has 138 valence electrons. The molecule has 2 aromatic rings. The Balaban J connectivity index is 1.85. The van der Waals surface area contributed by atoms with Crippen LogP contribution in [-0.4, -0.2) is 43.2 Å². The summed E-state index contributed by atoms with van der Waals surface area (Å²) in [6, 6.07) is 7.60. The number of nitrogens with zero attached hydrogens (tertiary/aromatic N) is 2. The van der Waals surface area contributed by atoms with Crippen molar-refractivity contribution < 1.29 is 14.3 Å². The number of aliphatic imine (C=N–C) groups is 1. The number of thiazole rings is 1. The molecule has 1 aromatic carbocycles. The minimum absolute atomic E-state index is 0.188. The first-order chi connectivity index (χ1) is 12.6. The van der Waals surface area contributed by atoms with Crippen molar-refractivity contribution in [3.05, 3.63) is 35.5 Å². The van der Waals surface area contributed by atoms with Crippen molar-refractivity contribution in [2.75, 3.05) is 14.2 Å². The monoisotopic (exact) mass is 374 g/mol. The van der Waals surface area contributed by atoms with Gasteiger partial charge in [-0.05, 0) is 25.0 Å². The van der Waals surface area contributed by atoms with Crippen LogP contribution in [0.2, 0.25) is 0 Å². The van der Waals surface area contributed by atoms with Crippen LogP contribution in [0.3, 0.4) is 0 Å². The fraction of sp³-hybridized carbons (Fsp3) is 0.389. The SMILES string of the molecule is COC(=O)[C@H]1C[C@@H](N=C(N)/C(=C\N)c2nc3ccccc3s2)[C@H](OC)C1. The zero-order valence-electron chi connectivity index (χ0n) is 14.7. The largest absolute Gasteiger partial charge is 0.469 e. The van der Waals surface area contributed by atoms with Gasteiger partial charge >= 0.3 is 5.97 Å². The maximum atomic E-state index is 11.8. The summed E-state index contributed by atoms with van der Waals surface area (Å²) in [4.78, 5) is 21.0. The van der Waals surface area contributed by atoms with Crippen molar-refractivity contribution in [1.82, 2.24) is 4.98 Å². The van der Waals surface area contributed by atoms with Crippen molar-refractivity contribution in [2.24, 2.45) is 22.4 Å². The minimum atomic E-state index is -0.246. The summed E-state index contributed by atoms with van der Waals surface area (Å²) in [6.07, 6.45) is 2.33. The van der Waals surface area contributed by atoms with Gasteiger partial charge in [-0.15, -0.1) is 11.3 Å². The van der Waals surface area contributed by atoms with Gasteiger partial charge < -0.3 is 20.9 Å². The molecule has 26 heavy (non-hydrogen) atoms. The molecule has 0 unspecified atom stereocenters. The Labute approximate surface area is 155 Å². The number of carbonyl (C=O) groups is 1. The van der Waals surface area contributed by atoms with Crippen LogP contribution in [-0.2, 0) is 14.3 Å². The van der Waals surface area contributed by atoms with E-state index in [1.54, 1.807) is 7.11 Å². The Bertz CT molecular complexity index is 828. The zero-order chi connectivity index (χ0) is 18.7. The lowest BCUT2D eigenvalue weighted by Crippen LogP contribution is -2.25. The molecule has 8 heteroatoms. The van der Waals surface area contributed by atoms with Gasteiger partial charge in [0.2, 0.25) is 0 Å². The Kier molecular flexibility index (Phi) is 5.53. The molecule has 1 fully saturated rings. The van der Waals surface area contributed by atoms with Crippen LogP contribution >= 0.6 is 11.3 Å². The van der Waals surface area contributed by atoms with E-state index in [9.17, 15) is 4.79 Å². The van der Waals surface area contributed by atoms with Crippen LogP contribution in [0.5, 0.6) is 0 Å². The number of ether oxygens (including phenoxy) is 2. The molecule has 0 spiro atoms. The number of para-hydroxylation sites is 1. The maximum Gasteiger partial charge on any atom is 0.308 e. The maximum absolute atomic E-state index is 11.8. The fourth-order valence-corrected chi connectivity index (χ4v) is 4.23. The van der Waals surface area contributed by atoms with Gasteiger partial charge in [0.15, 0.2) is 0 Å². The summed E-state index contributed by atoms with van der Waals surface area (Å²) in [7, 11) is 2.99. The second kappa shape index (κ2) is 7.84. The van der Waals surface area contributed by atoms with E-state index >= 15 is 0 Å². The lowest BCUT2D eigenvalue weighted by atomic mass is 10.1. The van der Waals surface area contributed by atoms with Gasteiger partial charge in [-0.1, -0.05) is 12.1 Å². The van der Waals surface area contributed by atoms with Gasteiger partial charge in [0.05, 0.1) is 41.0 Å². The summed E-state index contributed by atoms with van der Waals surface area (Å²) in [5.74, 6) is -0.188. The smallest absolute Gasteiger partial charge is 0.308 e. The number of methoxy groups -OCH3 is 2. The summed E-state index contributed by atoms with van der Waals surface area (Å²) in [5.41, 5.74) is 13.5. The third kappa shape index (κ3) is 3.56. The molecule has 1 aromatic heterocycles. The first-order valence-electron chi connectivity index (χ1n) is 8.29. The van der Waals surface area contributed by atoms with E-state index < -0.39 is 0 Å². The minimum Gasteiger partial charge on any atom is -0.469 e. The number of rotatable bonds is 5. The Morgan fingerprint density at radius 1 is 1.35 bits per heavy atom. The zero-order valence-corrected chi connectivity index (χ0v) is 15.5. The van der Waals surface area contributed by atoms with Crippen molar-refractivity contribution in [3.63, 3.8) is 0 Å². The molecule has 4 N–H and O–H groups in total. The first-order valence-corrected chi connectivity index (χ1v) is 9.11. The van der Waals surface area contributed by atoms with Gasteiger partial charge in [0.1, 0.15) is 10.8 Å². The molecule has 1 saturated carbocycles. The van der Waals surface area contributed by atoms with E-state index in [1.807, 2.05) is 24.3 Å². The van der Waals surface area contributed by atoms with Gasteiger partial charge in [-0.3, -0.25) is 9.79 Å². The topological polar surface area (TPSA) is 113 Å². The molecular weight excluding hydrogens is 352 g/mol. The highest BCUT2D eigenvalue weighted by atomic mass is 32.1. The average molecular weight is 374 g/mol. The summed E-state index contributed by atoms with van der Waals surface area (Å²) in [6.45, 7) is 0. The molecule has 1 aliphatic rings. The Hall–Kier alpha value is -2.45. The third-order valence-electron chi connectivity index (χ3n) is 4.58. The van der Waals surface area contributed by atoms with Crippen LogP contribution in [0.25, 0.3) is 15.8 Å². The molecule has 0 bridgehead atoms. The fourth-order valence-electron chi connectivity index (χ4n) is 3.23. The predicted molar refractivity (Wildman–Crippen MR) is 103 cm³/mol. The number of hydrogen-bond acceptors (Lipinski definition) is 7. The second-order valence-electron chi connectivity index (χ2n) is 6.11. The molecule has 0 amide bonds.